The third-order valence-electron chi connectivity index (χ3n) is 6.48. The highest BCUT2D eigenvalue weighted by atomic mass is 16.3. The summed E-state index contributed by atoms with van der Waals surface area (Å²) in [5, 5.41) is 56.5. The van der Waals surface area contributed by atoms with Crippen molar-refractivity contribution in [2.75, 3.05) is 69.8 Å². The molecule has 14 N–H and O–H groups in total. The van der Waals surface area contributed by atoms with Gasteiger partial charge in [0.2, 0.25) is 35.7 Å². The molecule has 0 aliphatic rings. The Bertz CT molecular complexity index is 1680. The molecular formula is C30H36N14O4. The van der Waals surface area contributed by atoms with Crippen molar-refractivity contribution in [1.82, 2.24) is 29.9 Å². The van der Waals surface area contributed by atoms with Gasteiger partial charge in [-0.05, 0) is 54.6 Å². The number of nitrogens with one attached hydrogen (secondary N) is 6. The second-order valence-electron chi connectivity index (χ2n) is 10.4. The first-order valence-electron chi connectivity index (χ1n) is 14.7. The molecule has 0 amide bonds. The van der Waals surface area contributed by atoms with E-state index in [1.807, 2.05) is 0 Å². The number of benzene rings is 3. The van der Waals surface area contributed by atoms with Crippen molar-refractivity contribution < 1.29 is 20.4 Å². The zero-order chi connectivity index (χ0) is 33.9. The van der Waals surface area contributed by atoms with Gasteiger partial charge < -0.3 is 63.8 Å². The van der Waals surface area contributed by atoms with E-state index in [2.05, 4.69) is 61.8 Å². The number of hydrogen-bond acceptors (Lipinski definition) is 18. The summed E-state index contributed by atoms with van der Waals surface area (Å²) < 4.78 is 0. The van der Waals surface area contributed by atoms with Crippen LogP contribution in [0.1, 0.15) is 0 Å². The summed E-state index contributed by atoms with van der Waals surface area (Å²) in [6.45, 7) is -1.38. The average molecular weight is 657 g/mol. The van der Waals surface area contributed by atoms with E-state index in [1.54, 1.807) is 72.8 Å². The van der Waals surface area contributed by atoms with Crippen LogP contribution >= 0.6 is 0 Å². The van der Waals surface area contributed by atoms with Crippen LogP contribution in [0.2, 0.25) is 0 Å². The molecule has 2 heterocycles. The van der Waals surface area contributed by atoms with Crippen LogP contribution in [0.5, 0.6) is 0 Å². The van der Waals surface area contributed by atoms with Crippen LogP contribution in [-0.2, 0) is 0 Å². The second kappa shape index (κ2) is 16.0. The smallest absolute Gasteiger partial charge is 0.233 e. The second-order valence-corrected chi connectivity index (χ2v) is 10.4. The van der Waals surface area contributed by atoms with E-state index in [-0.39, 0.29) is 62.1 Å². The van der Waals surface area contributed by atoms with E-state index in [4.69, 9.17) is 11.5 Å². The molecular weight excluding hydrogens is 620 g/mol. The first-order chi connectivity index (χ1) is 23.3. The quantitative estimate of drug-likeness (QED) is 0.0673. The number of aromatic nitrogens is 6. The summed E-state index contributed by atoms with van der Waals surface area (Å²) in [6, 6.07) is 19.8. The Morgan fingerprint density at radius 2 is 0.729 bits per heavy atom. The fourth-order valence-electron chi connectivity index (χ4n) is 4.19. The molecule has 0 unspecified atom stereocenters. The molecule has 2 aromatic heterocycles. The van der Waals surface area contributed by atoms with Gasteiger partial charge in [0.25, 0.3) is 0 Å². The van der Waals surface area contributed by atoms with Gasteiger partial charge in [-0.1, -0.05) is 18.2 Å². The predicted octanol–water partition coefficient (Wildman–Crippen LogP) is 1.73. The lowest BCUT2D eigenvalue weighted by Crippen LogP contribution is -2.29. The lowest BCUT2D eigenvalue weighted by Gasteiger charge is -2.16. The zero-order valence-corrected chi connectivity index (χ0v) is 25.5. The topological polar surface area (TPSA) is 282 Å². The molecule has 0 radical (unpaired) electrons. The Morgan fingerprint density at radius 3 is 1.04 bits per heavy atom. The van der Waals surface area contributed by atoms with Crippen molar-refractivity contribution in [3.05, 3.63) is 72.8 Å². The fraction of sp³-hybridized carbons (Fsp3) is 0.200. The molecule has 250 valence electrons. The van der Waals surface area contributed by atoms with Gasteiger partial charge in [0.05, 0.1) is 38.5 Å². The first kappa shape index (κ1) is 33.3. The van der Waals surface area contributed by atoms with Gasteiger partial charge in [0, 0.05) is 34.1 Å². The summed E-state index contributed by atoms with van der Waals surface area (Å²) in [4.78, 5) is 26.5. The van der Waals surface area contributed by atoms with E-state index < -0.39 is 12.1 Å². The summed E-state index contributed by atoms with van der Waals surface area (Å²) in [5.74, 6) is 0.888. The number of aliphatic hydroxyl groups is 4. The molecule has 0 saturated carbocycles. The third-order valence-corrected chi connectivity index (χ3v) is 6.48. The molecule has 18 nitrogen and oxygen atoms in total. The fourth-order valence-corrected chi connectivity index (χ4v) is 4.19. The van der Waals surface area contributed by atoms with Crippen molar-refractivity contribution >= 4 is 69.8 Å². The molecule has 5 aromatic rings. The number of nitrogens with zero attached hydrogens (tertiary/aromatic N) is 6. The predicted molar refractivity (Wildman–Crippen MR) is 184 cm³/mol. The highest BCUT2D eigenvalue weighted by molar-refractivity contribution is 5.67. The lowest BCUT2D eigenvalue weighted by molar-refractivity contribution is 0.203. The highest BCUT2D eigenvalue weighted by Gasteiger charge is 2.14. The van der Waals surface area contributed by atoms with E-state index in [0.717, 1.165) is 0 Å². The number of nitrogens with two attached hydrogens (primary N) is 2. The van der Waals surface area contributed by atoms with Crippen molar-refractivity contribution in [2.24, 2.45) is 0 Å². The molecule has 5 rings (SSSR count). The van der Waals surface area contributed by atoms with Gasteiger partial charge in [-0.25, -0.2) is 0 Å². The van der Waals surface area contributed by atoms with Crippen molar-refractivity contribution in [2.45, 2.75) is 12.1 Å². The lowest BCUT2D eigenvalue weighted by atomic mass is 10.3. The molecule has 48 heavy (non-hydrogen) atoms. The highest BCUT2D eigenvalue weighted by Crippen LogP contribution is 2.25. The SMILES string of the molecule is Nc1cccc(Nc2nc(Nc3cccc(Nc4nc(Nc5cccc(N)c5)nc(NC(CO)CO)n4)c3)nc(NC(CO)CO)n2)c1. The Balaban J connectivity index is 1.40. The Hall–Kier alpha value is -6.08. The minimum Gasteiger partial charge on any atom is -0.399 e. The summed E-state index contributed by atoms with van der Waals surface area (Å²) >= 11 is 0. The van der Waals surface area contributed by atoms with Crippen molar-refractivity contribution in [1.29, 1.82) is 0 Å². The maximum absolute atomic E-state index is 9.57. The van der Waals surface area contributed by atoms with Gasteiger partial charge >= 0.3 is 0 Å². The molecule has 0 aliphatic carbocycles. The van der Waals surface area contributed by atoms with Gasteiger partial charge in [-0.15, -0.1) is 0 Å². The monoisotopic (exact) mass is 656 g/mol. The summed E-state index contributed by atoms with van der Waals surface area (Å²) in [5.41, 5.74) is 15.4. The maximum Gasteiger partial charge on any atom is 0.233 e. The third kappa shape index (κ3) is 9.47. The van der Waals surface area contributed by atoms with Crippen molar-refractivity contribution in [3.8, 4) is 0 Å². The number of hydrogen-bond donors (Lipinski definition) is 12. The van der Waals surface area contributed by atoms with E-state index in [0.29, 0.717) is 34.1 Å². The van der Waals surface area contributed by atoms with Crippen LogP contribution in [0.25, 0.3) is 0 Å². The molecule has 0 spiro atoms. The summed E-state index contributed by atoms with van der Waals surface area (Å²) in [6.07, 6.45) is 0. The zero-order valence-electron chi connectivity index (χ0n) is 25.5. The van der Waals surface area contributed by atoms with Crippen LogP contribution in [0.15, 0.2) is 72.8 Å². The van der Waals surface area contributed by atoms with Gasteiger partial charge in [0.15, 0.2) is 0 Å². The van der Waals surface area contributed by atoms with E-state index in [9.17, 15) is 20.4 Å². The number of nitrogen functional groups attached to an aromatic ring is 2. The molecule has 0 aliphatic heterocycles. The largest absolute Gasteiger partial charge is 0.399 e. The van der Waals surface area contributed by atoms with Crippen molar-refractivity contribution in [3.63, 3.8) is 0 Å². The minimum atomic E-state index is -0.698. The Labute approximate surface area is 274 Å². The summed E-state index contributed by atoms with van der Waals surface area (Å²) in [7, 11) is 0. The molecule has 0 bridgehead atoms. The van der Waals surface area contributed by atoms with E-state index in [1.165, 1.54) is 0 Å². The average Bonchev–Trinajstić information content (AvgIpc) is 3.06. The molecule has 0 atom stereocenters. The molecule has 18 heteroatoms. The van der Waals surface area contributed by atoms with Gasteiger partial charge in [-0.2, -0.15) is 29.9 Å². The van der Waals surface area contributed by atoms with Crippen LogP contribution in [-0.4, -0.2) is 88.8 Å². The molecule has 0 fully saturated rings. The van der Waals surface area contributed by atoms with Crippen LogP contribution in [0, 0.1) is 0 Å². The number of aliphatic hydroxyl groups excluding tert-OH is 4. The van der Waals surface area contributed by atoms with Gasteiger partial charge in [0.1, 0.15) is 0 Å². The molecule has 0 saturated heterocycles. The van der Waals surface area contributed by atoms with Crippen LogP contribution < -0.4 is 43.4 Å². The van der Waals surface area contributed by atoms with Crippen LogP contribution in [0.3, 0.4) is 0 Å². The van der Waals surface area contributed by atoms with Crippen LogP contribution in [0.4, 0.5) is 69.8 Å². The molecule has 3 aromatic carbocycles. The standard InChI is InChI=1S/C30H36N14O4/c31-17-4-1-6-19(10-17)33-25-39-27(43-29(41-25)37-23(13-45)14-46)35-21-8-3-9-22(12-21)36-28-40-26(34-20-7-2-5-18(32)11-20)42-30(44-28)38-24(15-47)16-48/h1-12,23-24,45-48H,13-16,31-32H2,(H3,33,35,37,39,41,43)(H3,34,36,38,40,42,44). The van der Waals surface area contributed by atoms with Gasteiger partial charge in [-0.3, -0.25) is 0 Å². The van der Waals surface area contributed by atoms with E-state index >= 15 is 0 Å². The Kier molecular flexibility index (Phi) is 11.1. The minimum absolute atomic E-state index is 0.107. The first-order valence-corrected chi connectivity index (χ1v) is 14.7. The number of rotatable bonds is 16. The normalized spacial score (nSPS) is 11.0. The Morgan fingerprint density at radius 1 is 0.438 bits per heavy atom. The number of anilines is 12. The maximum atomic E-state index is 9.57.